The van der Waals surface area contributed by atoms with Gasteiger partial charge in [-0.15, -0.1) is 11.5 Å². The van der Waals surface area contributed by atoms with E-state index >= 15 is 0 Å². The van der Waals surface area contributed by atoms with Gasteiger partial charge in [0.15, 0.2) is 5.65 Å². The third kappa shape index (κ3) is 2.06. The summed E-state index contributed by atoms with van der Waals surface area (Å²) in [6.45, 7) is 1.58. The van der Waals surface area contributed by atoms with E-state index in [2.05, 4.69) is 16.0 Å². The minimum atomic E-state index is -0.105. The van der Waals surface area contributed by atoms with Crippen LogP contribution >= 0.6 is 0 Å². The zero-order valence-corrected chi connectivity index (χ0v) is 10.5. The first-order valence-corrected chi connectivity index (χ1v) is 6.41. The molecule has 0 bridgehead atoms. The Labute approximate surface area is 111 Å². The molecule has 0 radical (unpaired) electrons. The van der Waals surface area contributed by atoms with Crippen molar-refractivity contribution in [1.82, 2.24) is 19.5 Å². The Morgan fingerprint density at radius 1 is 1.26 bits per heavy atom. The summed E-state index contributed by atoms with van der Waals surface area (Å²) < 4.78 is 1.54. The molecule has 0 saturated carbocycles. The summed E-state index contributed by atoms with van der Waals surface area (Å²) in [4.78, 5) is 18.4. The number of terminal acetylenes is 1. The van der Waals surface area contributed by atoms with Crippen molar-refractivity contribution >= 4 is 11.6 Å². The Balaban J connectivity index is 1.97. The van der Waals surface area contributed by atoms with Crippen LogP contribution in [0.25, 0.3) is 5.65 Å². The molecular weight excluding hydrogens is 240 g/mol. The van der Waals surface area contributed by atoms with Crippen molar-refractivity contribution in [2.24, 2.45) is 0 Å². The number of hydrogen-bond donors (Lipinski definition) is 0. The molecule has 0 unspecified atom stereocenters. The molecule has 96 valence electrons. The zero-order valence-electron chi connectivity index (χ0n) is 10.5. The third-order valence-electron chi connectivity index (χ3n) is 3.34. The minimum absolute atomic E-state index is 0.105. The maximum absolute atomic E-state index is 12.3. The Morgan fingerprint density at radius 3 is 2.79 bits per heavy atom. The highest BCUT2D eigenvalue weighted by Gasteiger charge is 2.22. The number of fused-ring (bicyclic) bond motifs is 1. The SMILES string of the molecule is C#Cc1cccc2nc(C(=O)N3CCCCC3)nn12. The van der Waals surface area contributed by atoms with Crippen molar-refractivity contribution in [3.05, 3.63) is 29.7 Å². The monoisotopic (exact) mass is 254 g/mol. The van der Waals surface area contributed by atoms with Crippen LogP contribution in [-0.4, -0.2) is 38.5 Å². The summed E-state index contributed by atoms with van der Waals surface area (Å²) in [6, 6.07) is 5.38. The molecule has 19 heavy (non-hydrogen) atoms. The predicted octanol–water partition coefficient (Wildman–Crippen LogP) is 1.34. The Kier molecular flexibility index (Phi) is 2.92. The fourth-order valence-corrected chi connectivity index (χ4v) is 2.34. The number of piperidine rings is 1. The maximum Gasteiger partial charge on any atom is 0.293 e. The van der Waals surface area contributed by atoms with Gasteiger partial charge in [0.1, 0.15) is 5.69 Å². The van der Waals surface area contributed by atoms with Crippen LogP contribution in [0.3, 0.4) is 0 Å². The van der Waals surface area contributed by atoms with E-state index in [-0.39, 0.29) is 11.7 Å². The molecule has 1 fully saturated rings. The Bertz CT molecular complexity index is 662. The molecule has 5 heteroatoms. The highest BCUT2D eigenvalue weighted by Crippen LogP contribution is 2.12. The number of amides is 1. The normalized spacial score (nSPS) is 15.4. The lowest BCUT2D eigenvalue weighted by molar-refractivity contribution is 0.0712. The van der Waals surface area contributed by atoms with Crippen LogP contribution < -0.4 is 0 Å². The average molecular weight is 254 g/mol. The van der Waals surface area contributed by atoms with E-state index in [0.717, 1.165) is 25.9 Å². The van der Waals surface area contributed by atoms with Crippen LogP contribution in [0.2, 0.25) is 0 Å². The highest BCUT2D eigenvalue weighted by molar-refractivity contribution is 5.91. The first-order chi connectivity index (χ1) is 9.29. The van der Waals surface area contributed by atoms with Gasteiger partial charge in [0.25, 0.3) is 5.91 Å². The molecule has 2 aromatic heterocycles. The van der Waals surface area contributed by atoms with Gasteiger partial charge in [0, 0.05) is 13.1 Å². The Hall–Kier alpha value is -2.35. The number of pyridine rings is 1. The molecule has 0 N–H and O–H groups in total. The lowest BCUT2D eigenvalue weighted by Crippen LogP contribution is -2.36. The molecule has 1 aliphatic rings. The van der Waals surface area contributed by atoms with Crippen LogP contribution in [0.4, 0.5) is 0 Å². The third-order valence-corrected chi connectivity index (χ3v) is 3.34. The number of aromatic nitrogens is 3. The zero-order chi connectivity index (χ0) is 13.2. The van der Waals surface area contributed by atoms with Gasteiger partial charge < -0.3 is 4.90 Å². The molecular formula is C14H14N4O. The molecule has 2 aromatic rings. The predicted molar refractivity (Wildman–Crippen MR) is 70.7 cm³/mol. The van der Waals surface area contributed by atoms with Gasteiger partial charge in [-0.3, -0.25) is 4.79 Å². The molecule has 3 heterocycles. The van der Waals surface area contributed by atoms with Crippen molar-refractivity contribution < 1.29 is 4.79 Å². The molecule has 0 spiro atoms. The van der Waals surface area contributed by atoms with E-state index in [9.17, 15) is 4.79 Å². The fourth-order valence-electron chi connectivity index (χ4n) is 2.34. The number of carbonyl (C=O) groups excluding carboxylic acids is 1. The van der Waals surface area contributed by atoms with Gasteiger partial charge in [-0.25, -0.2) is 9.50 Å². The van der Waals surface area contributed by atoms with Gasteiger partial charge in [0.05, 0.1) is 0 Å². The van der Waals surface area contributed by atoms with Crippen molar-refractivity contribution in [2.45, 2.75) is 19.3 Å². The first kappa shape index (κ1) is 11.7. The molecule has 3 rings (SSSR count). The van der Waals surface area contributed by atoms with Crippen LogP contribution in [0, 0.1) is 12.3 Å². The summed E-state index contributed by atoms with van der Waals surface area (Å²) in [5.74, 6) is 2.66. The first-order valence-electron chi connectivity index (χ1n) is 6.41. The summed E-state index contributed by atoms with van der Waals surface area (Å²) in [6.07, 6.45) is 8.69. The minimum Gasteiger partial charge on any atom is -0.336 e. The summed E-state index contributed by atoms with van der Waals surface area (Å²) in [5.41, 5.74) is 1.21. The number of likely N-dealkylation sites (tertiary alicyclic amines) is 1. The topological polar surface area (TPSA) is 50.5 Å². The molecule has 0 atom stereocenters. The number of rotatable bonds is 1. The van der Waals surface area contributed by atoms with E-state index in [0.29, 0.717) is 11.3 Å². The van der Waals surface area contributed by atoms with Gasteiger partial charge >= 0.3 is 0 Å². The van der Waals surface area contributed by atoms with Crippen molar-refractivity contribution in [3.8, 4) is 12.3 Å². The number of nitrogens with zero attached hydrogens (tertiary/aromatic N) is 4. The standard InChI is InChI=1S/C14H14N4O/c1-2-11-7-6-8-12-15-13(16-18(11)12)14(19)17-9-4-3-5-10-17/h1,6-8H,3-5,9-10H2. The summed E-state index contributed by atoms with van der Waals surface area (Å²) in [7, 11) is 0. The second-order valence-electron chi connectivity index (χ2n) is 4.61. The van der Waals surface area contributed by atoms with Crippen molar-refractivity contribution in [3.63, 3.8) is 0 Å². The molecule has 1 saturated heterocycles. The second kappa shape index (κ2) is 4.73. The van der Waals surface area contributed by atoms with Gasteiger partial charge in [-0.1, -0.05) is 12.0 Å². The summed E-state index contributed by atoms with van der Waals surface area (Å²) in [5, 5.41) is 4.23. The van der Waals surface area contributed by atoms with Gasteiger partial charge in [0.2, 0.25) is 5.82 Å². The largest absolute Gasteiger partial charge is 0.336 e. The van der Waals surface area contributed by atoms with E-state index in [1.165, 1.54) is 10.9 Å². The van der Waals surface area contributed by atoms with Crippen LogP contribution in [0.1, 0.15) is 35.6 Å². The Morgan fingerprint density at radius 2 is 2.05 bits per heavy atom. The lowest BCUT2D eigenvalue weighted by Gasteiger charge is -2.25. The number of carbonyl (C=O) groups is 1. The van der Waals surface area contributed by atoms with Crippen LogP contribution in [0.15, 0.2) is 18.2 Å². The lowest BCUT2D eigenvalue weighted by atomic mass is 10.1. The van der Waals surface area contributed by atoms with Crippen molar-refractivity contribution in [2.75, 3.05) is 13.1 Å². The van der Waals surface area contributed by atoms with Crippen LogP contribution in [-0.2, 0) is 0 Å². The highest BCUT2D eigenvalue weighted by atomic mass is 16.2. The second-order valence-corrected chi connectivity index (χ2v) is 4.61. The van der Waals surface area contributed by atoms with E-state index < -0.39 is 0 Å². The summed E-state index contributed by atoms with van der Waals surface area (Å²) >= 11 is 0. The molecule has 5 nitrogen and oxygen atoms in total. The molecule has 0 aliphatic carbocycles. The molecule has 1 aliphatic heterocycles. The average Bonchev–Trinajstić information content (AvgIpc) is 2.91. The quantitative estimate of drug-likeness (QED) is 0.721. The van der Waals surface area contributed by atoms with E-state index in [1.807, 2.05) is 11.0 Å². The number of hydrogen-bond acceptors (Lipinski definition) is 3. The van der Waals surface area contributed by atoms with E-state index in [1.54, 1.807) is 12.1 Å². The van der Waals surface area contributed by atoms with Crippen LogP contribution in [0.5, 0.6) is 0 Å². The van der Waals surface area contributed by atoms with E-state index in [4.69, 9.17) is 6.42 Å². The molecule has 1 amide bonds. The van der Waals surface area contributed by atoms with Crippen molar-refractivity contribution in [1.29, 1.82) is 0 Å². The van der Waals surface area contributed by atoms with Gasteiger partial charge in [-0.05, 0) is 31.4 Å². The smallest absolute Gasteiger partial charge is 0.293 e. The molecule has 0 aromatic carbocycles. The maximum atomic E-state index is 12.3. The van der Waals surface area contributed by atoms with Gasteiger partial charge in [-0.2, -0.15) is 0 Å². The fraction of sp³-hybridized carbons (Fsp3) is 0.357.